The predicted molar refractivity (Wildman–Crippen MR) is 77.4 cm³/mol. The largest absolute Gasteiger partial charge is 0.480 e. The number of sulfonamides is 1. The number of carboxylic acid groups (broad SMARTS) is 1. The van der Waals surface area contributed by atoms with Crippen molar-refractivity contribution in [2.75, 3.05) is 0 Å². The first kappa shape index (κ1) is 15.0. The van der Waals surface area contributed by atoms with Crippen LogP contribution in [0.3, 0.4) is 0 Å². The lowest BCUT2D eigenvalue weighted by Crippen LogP contribution is -2.44. The maximum absolute atomic E-state index is 12.9. The Morgan fingerprint density at radius 2 is 1.95 bits per heavy atom. The summed E-state index contributed by atoms with van der Waals surface area (Å²) in [5, 5.41) is 18.2. The van der Waals surface area contributed by atoms with E-state index in [1.165, 1.54) is 28.6 Å². The van der Waals surface area contributed by atoms with E-state index in [-0.39, 0.29) is 16.9 Å². The molecule has 0 aromatic heterocycles. The molecule has 0 amide bonds. The van der Waals surface area contributed by atoms with Crippen LogP contribution in [0.5, 0.6) is 0 Å². The van der Waals surface area contributed by atoms with Gasteiger partial charge in [0.25, 0.3) is 0 Å². The molecular formula is C15H16N2O4S. The third-order valence-electron chi connectivity index (χ3n) is 4.62. The first-order valence-corrected chi connectivity index (χ1v) is 8.65. The van der Waals surface area contributed by atoms with Crippen molar-refractivity contribution in [3.8, 4) is 6.07 Å². The van der Waals surface area contributed by atoms with Crippen LogP contribution in [0.15, 0.2) is 29.2 Å². The third kappa shape index (κ3) is 2.28. The number of nitrogens with zero attached hydrogens (tertiary/aromatic N) is 2. The van der Waals surface area contributed by atoms with Crippen LogP contribution in [-0.2, 0) is 14.8 Å². The highest BCUT2D eigenvalue weighted by atomic mass is 32.2. The summed E-state index contributed by atoms with van der Waals surface area (Å²) in [4.78, 5) is 11.5. The molecule has 2 aliphatic rings. The monoisotopic (exact) mass is 320 g/mol. The number of hydrogen-bond donors (Lipinski definition) is 1. The number of benzene rings is 1. The molecule has 1 N–H and O–H groups in total. The van der Waals surface area contributed by atoms with Crippen LogP contribution in [-0.4, -0.2) is 35.9 Å². The van der Waals surface area contributed by atoms with Crippen molar-refractivity contribution in [1.29, 1.82) is 5.26 Å². The van der Waals surface area contributed by atoms with Crippen LogP contribution in [0, 0.1) is 17.2 Å². The average Bonchev–Trinajstić information content (AvgIpc) is 3.07. The van der Waals surface area contributed by atoms with E-state index in [9.17, 15) is 18.3 Å². The fourth-order valence-electron chi connectivity index (χ4n) is 3.63. The quantitative estimate of drug-likeness (QED) is 0.911. The molecule has 1 aromatic carbocycles. The second-order valence-electron chi connectivity index (χ2n) is 5.82. The van der Waals surface area contributed by atoms with Gasteiger partial charge < -0.3 is 5.11 Å². The van der Waals surface area contributed by atoms with Gasteiger partial charge in [0.15, 0.2) is 0 Å². The molecule has 2 fully saturated rings. The van der Waals surface area contributed by atoms with Crippen molar-refractivity contribution in [1.82, 2.24) is 4.31 Å². The third-order valence-corrected chi connectivity index (χ3v) is 6.57. The molecule has 0 radical (unpaired) electrons. The topological polar surface area (TPSA) is 98.5 Å². The summed E-state index contributed by atoms with van der Waals surface area (Å²) < 4.78 is 26.9. The molecule has 1 aromatic rings. The van der Waals surface area contributed by atoms with E-state index in [2.05, 4.69) is 0 Å². The van der Waals surface area contributed by atoms with E-state index in [1.807, 2.05) is 6.07 Å². The Kier molecular flexibility index (Phi) is 3.67. The van der Waals surface area contributed by atoms with Crippen molar-refractivity contribution >= 4 is 16.0 Å². The lowest BCUT2D eigenvalue weighted by molar-refractivity contribution is -0.141. The van der Waals surface area contributed by atoms with E-state index in [0.717, 1.165) is 12.8 Å². The van der Waals surface area contributed by atoms with Crippen molar-refractivity contribution < 1.29 is 18.3 Å². The summed E-state index contributed by atoms with van der Waals surface area (Å²) in [5.41, 5.74) is 0.369. The second kappa shape index (κ2) is 5.38. The van der Waals surface area contributed by atoms with E-state index < -0.39 is 22.0 Å². The van der Waals surface area contributed by atoms with E-state index >= 15 is 0 Å². The smallest absolute Gasteiger partial charge is 0.322 e. The van der Waals surface area contributed by atoms with Crippen LogP contribution in [0.2, 0.25) is 0 Å². The standard InChI is InChI=1S/C15H16N2O4S/c16-9-10-4-6-12(7-5-10)22(20,21)17-13-3-1-2-11(13)8-14(17)15(18)19/h4-7,11,13-14H,1-3,8H2,(H,18,19)/t11-,13-,14-/m1/s1. The highest BCUT2D eigenvalue weighted by Gasteiger charge is 2.52. The molecule has 1 heterocycles. The number of nitriles is 1. The van der Waals surface area contributed by atoms with Gasteiger partial charge in [-0.15, -0.1) is 0 Å². The summed E-state index contributed by atoms with van der Waals surface area (Å²) in [5.74, 6) is -0.958. The van der Waals surface area contributed by atoms with Gasteiger partial charge in [-0.2, -0.15) is 9.57 Å². The van der Waals surface area contributed by atoms with Gasteiger partial charge in [-0.25, -0.2) is 8.42 Å². The first-order valence-electron chi connectivity index (χ1n) is 7.21. The number of carbonyl (C=O) groups is 1. The predicted octanol–water partition coefficient (Wildman–Crippen LogP) is 1.57. The second-order valence-corrected chi connectivity index (χ2v) is 7.66. The van der Waals surface area contributed by atoms with Crippen LogP contribution in [0.4, 0.5) is 0 Å². The van der Waals surface area contributed by atoms with Crippen LogP contribution in [0.1, 0.15) is 31.2 Å². The molecule has 1 saturated heterocycles. The maximum atomic E-state index is 12.9. The zero-order valence-corrected chi connectivity index (χ0v) is 12.7. The Balaban J connectivity index is 2.01. The number of aliphatic carboxylic acids is 1. The summed E-state index contributed by atoms with van der Waals surface area (Å²) >= 11 is 0. The van der Waals surface area contributed by atoms with Crippen molar-refractivity contribution in [2.24, 2.45) is 5.92 Å². The number of fused-ring (bicyclic) bond motifs is 1. The lowest BCUT2D eigenvalue weighted by Gasteiger charge is -2.26. The summed E-state index contributed by atoms with van der Waals surface area (Å²) in [6, 6.07) is 6.34. The van der Waals surface area contributed by atoms with Gasteiger partial charge in [0.2, 0.25) is 10.0 Å². The molecule has 1 aliphatic carbocycles. The van der Waals surface area contributed by atoms with E-state index in [1.54, 1.807) is 0 Å². The average molecular weight is 320 g/mol. The van der Waals surface area contributed by atoms with Gasteiger partial charge in [0.1, 0.15) is 6.04 Å². The van der Waals surface area contributed by atoms with Crippen molar-refractivity contribution in [3.63, 3.8) is 0 Å². The molecule has 3 rings (SSSR count). The molecule has 1 saturated carbocycles. The zero-order chi connectivity index (χ0) is 15.9. The van der Waals surface area contributed by atoms with Gasteiger partial charge in [-0.1, -0.05) is 6.42 Å². The molecular weight excluding hydrogens is 304 g/mol. The molecule has 0 bridgehead atoms. The summed E-state index contributed by atoms with van der Waals surface area (Å²) in [6.45, 7) is 0. The normalized spacial score (nSPS) is 28.2. The highest BCUT2D eigenvalue weighted by Crippen LogP contribution is 2.44. The van der Waals surface area contributed by atoms with Gasteiger partial charge in [0, 0.05) is 6.04 Å². The maximum Gasteiger partial charge on any atom is 0.322 e. The summed E-state index contributed by atoms with van der Waals surface area (Å²) in [6.07, 6.45) is 2.91. The zero-order valence-electron chi connectivity index (χ0n) is 11.8. The number of hydrogen-bond acceptors (Lipinski definition) is 4. The molecule has 6 nitrogen and oxygen atoms in total. The minimum Gasteiger partial charge on any atom is -0.480 e. The Bertz CT molecular complexity index is 736. The Hall–Kier alpha value is -1.91. The molecule has 1 aliphatic heterocycles. The lowest BCUT2D eigenvalue weighted by atomic mass is 10.0. The van der Waals surface area contributed by atoms with Gasteiger partial charge >= 0.3 is 5.97 Å². The van der Waals surface area contributed by atoms with Crippen LogP contribution < -0.4 is 0 Å². The van der Waals surface area contributed by atoms with Crippen molar-refractivity contribution in [2.45, 2.75) is 42.7 Å². The number of carboxylic acids is 1. The molecule has 0 spiro atoms. The number of rotatable bonds is 3. The van der Waals surface area contributed by atoms with E-state index in [4.69, 9.17) is 5.26 Å². The minimum absolute atomic E-state index is 0.0466. The van der Waals surface area contributed by atoms with Crippen LogP contribution in [0.25, 0.3) is 0 Å². The molecule has 7 heteroatoms. The highest BCUT2D eigenvalue weighted by molar-refractivity contribution is 7.89. The minimum atomic E-state index is -3.87. The molecule has 0 unspecified atom stereocenters. The Morgan fingerprint density at radius 1 is 1.27 bits per heavy atom. The fraction of sp³-hybridized carbons (Fsp3) is 0.467. The molecule has 22 heavy (non-hydrogen) atoms. The van der Waals surface area contributed by atoms with Crippen molar-refractivity contribution in [3.05, 3.63) is 29.8 Å². The molecule has 3 atom stereocenters. The van der Waals surface area contributed by atoms with Gasteiger partial charge in [-0.3, -0.25) is 4.79 Å². The SMILES string of the molecule is N#Cc1ccc(S(=O)(=O)N2[C@@H](C(=O)O)C[C@H]3CCC[C@H]32)cc1. The Morgan fingerprint density at radius 3 is 2.55 bits per heavy atom. The van der Waals surface area contributed by atoms with E-state index in [0.29, 0.717) is 18.4 Å². The fourth-order valence-corrected chi connectivity index (χ4v) is 5.50. The first-order chi connectivity index (χ1) is 10.4. The summed E-state index contributed by atoms with van der Waals surface area (Å²) in [7, 11) is -3.87. The molecule has 116 valence electrons. The van der Waals surface area contributed by atoms with Gasteiger partial charge in [0.05, 0.1) is 16.5 Å². The Labute approximate surface area is 129 Å². The van der Waals surface area contributed by atoms with Crippen LogP contribution >= 0.6 is 0 Å². The van der Waals surface area contributed by atoms with Gasteiger partial charge in [-0.05, 0) is 49.4 Å².